The predicted molar refractivity (Wildman–Crippen MR) is 112 cm³/mol. The number of rotatable bonds is 5. The zero-order valence-electron chi connectivity index (χ0n) is 18.7. The Labute approximate surface area is 235 Å². The van der Waals surface area contributed by atoms with E-state index in [4.69, 9.17) is 30.7 Å². The van der Waals surface area contributed by atoms with Crippen molar-refractivity contribution in [2.24, 2.45) is 0 Å². The van der Waals surface area contributed by atoms with Crippen molar-refractivity contribution in [2.75, 3.05) is 7.11 Å². The summed E-state index contributed by atoms with van der Waals surface area (Å²) in [6.45, 7) is 0. The molecule has 0 bridgehead atoms. The molecule has 0 radical (unpaired) electrons. The smallest absolute Gasteiger partial charge is 0.485 e. The van der Waals surface area contributed by atoms with Crippen molar-refractivity contribution in [3.8, 4) is 5.75 Å². The van der Waals surface area contributed by atoms with Crippen LogP contribution >= 0.6 is 0 Å². The highest BCUT2D eigenvalue weighted by Crippen LogP contribution is 2.21. The zero-order valence-corrected chi connectivity index (χ0v) is 24.7. The molecule has 0 saturated heterocycles. The summed E-state index contributed by atoms with van der Waals surface area (Å²) in [6, 6.07) is 28.4. The van der Waals surface area contributed by atoms with Crippen LogP contribution in [0.5, 0.6) is 5.75 Å². The van der Waals surface area contributed by atoms with Crippen LogP contribution in [0.4, 0.5) is 26.3 Å². The summed E-state index contributed by atoms with van der Waals surface area (Å²) in [5.41, 5.74) is -11.3. The van der Waals surface area contributed by atoms with E-state index in [1.54, 1.807) is 7.11 Å². The van der Waals surface area contributed by atoms with Gasteiger partial charge in [0.05, 0.1) is 7.11 Å². The third kappa shape index (κ3) is 12.9. The zero-order chi connectivity index (χ0) is 29.2. The number of benzene rings is 3. The molecule has 7 nitrogen and oxygen atoms in total. The van der Waals surface area contributed by atoms with Gasteiger partial charge in [-0.25, -0.2) is 16.8 Å². The lowest BCUT2D eigenvalue weighted by Crippen LogP contribution is -3.62. The van der Waals surface area contributed by atoms with Gasteiger partial charge in [-0.15, -0.1) is 0 Å². The van der Waals surface area contributed by atoms with Crippen LogP contribution in [-0.2, 0) is 20.2 Å². The van der Waals surface area contributed by atoms with E-state index in [0.717, 1.165) is 5.75 Å². The monoisotopic (exact) mass is 812 g/mol. The topological polar surface area (TPSA) is 124 Å². The molecule has 38 heavy (non-hydrogen) atoms. The Hall–Kier alpha value is -1.68. The Morgan fingerprint density at radius 3 is 1.11 bits per heavy atom. The molecule has 0 heterocycles. The van der Waals surface area contributed by atoms with E-state index in [9.17, 15) is 26.3 Å². The summed E-state index contributed by atoms with van der Waals surface area (Å²) in [4.78, 5) is 0. The van der Waals surface area contributed by atoms with Crippen LogP contribution in [0.1, 0.15) is 0 Å². The van der Waals surface area contributed by atoms with Crippen LogP contribution in [0.2, 0.25) is 0 Å². The first-order valence-corrected chi connectivity index (χ1v) is 16.6. The summed E-state index contributed by atoms with van der Waals surface area (Å²) in [5.74, 6) is 0.927. The van der Waals surface area contributed by atoms with E-state index in [0.29, 0.717) is 0 Å². The lowest BCUT2D eigenvalue weighted by molar-refractivity contribution is -0.603. The number of hydrogen-bond donors (Lipinski definition) is 0. The molecule has 0 N–H and O–H groups in total. The molecule has 210 valence electrons. The summed E-state index contributed by atoms with van der Waals surface area (Å²) >= 11 is -0.162. The number of hydrogen-bond acceptors (Lipinski definition) is 7. The fourth-order valence-electron chi connectivity index (χ4n) is 1.92. The minimum atomic E-state index is -6.09. The average Bonchev–Trinajstić information content (AvgIpc) is 2.80. The number of alkyl halides is 6. The van der Waals surface area contributed by atoms with Crippen LogP contribution in [0.15, 0.2) is 78.9 Å². The fourth-order valence-corrected chi connectivity index (χ4v) is 6.29. The van der Waals surface area contributed by atoms with E-state index in [-0.39, 0.29) is 42.4 Å². The van der Waals surface area contributed by atoms with E-state index in [2.05, 4.69) is 66.7 Å². The van der Waals surface area contributed by atoms with Crippen molar-refractivity contribution in [1.82, 2.24) is 0 Å². The molecule has 3 aromatic carbocycles. The standard InChI is InChI=1S/C19H16I2O.2CHF3O3S/c1-22-19-13-11-18(12-14-19)21-17-9-7-16(8-10-17)20-15-5-3-2-4-6-15;2*2-1(3,4)8(5,6)7/h2-14H,1H3;2*(H,5,6,7)/q+2;;/p-2. The van der Waals surface area contributed by atoms with Crippen LogP contribution < -0.4 is 47.1 Å². The molecule has 0 amide bonds. The fraction of sp³-hybridized carbons (Fsp3) is 0.143. The molecular weight excluding hydrogens is 796 g/mol. The minimum Gasteiger partial charge on any atom is -0.741 e. The van der Waals surface area contributed by atoms with Gasteiger partial charge in [0.25, 0.3) is 0 Å². The van der Waals surface area contributed by atoms with Gasteiger partial charge < -0.3 is 13.8 Å². The molecule has 0 atom stereocenters. The van der Waals surface area contributed by atoms with E-state index < -0.39 is 31.3 Å². The maximum absolute atomic E-state index is 10.7. The first kappa shape index (κ1) is 34.3. The van der Waals surface area contributed by atoms with Crippen molar-refractivity contribution in [3.05, 3.63) is 93.1 Å². The second-order valence-electron chi connectivity index (χ2n) is 6.38. The van der Waals surface area contributed by atoms with Crippen LogP contribution in [0.25, 0.3) is 0 Å². The third-order valence-electron chi connectivity index (χ3n) is 3.59. The number of halogens is 8. The Morgan fingerprint density at radius 1 is 0.579 bits per heavy atom. The summed E-state index contributed by atoms with van der Waals surface area (Å²) in [6.07, 6.45) is 0. The van der Waals surface area contributed by atoms with Crippen LogP contribution in [0, 0.1) is 14.3 Å². The second-order valence-corrected chi connectivity index (χ2v) is 15.2. The molecule has 0 aliphatic rings. The van der Waals surface area contributed by atoms with E-state index in [1.165, 1.54) is 14.3 Å². The molecule has 0 saturated carbocycles. The van der Waals surface area contributed by atoms with Gasteiger partial charge in [-0.1, -0.05) is 18.2 Å². The van der Waals surface area contributed by atoms with Crippen molar-refractivity contribution in [3.63, 3.8) is 0 Å². The van der Waals surface area contributed by atoms with Gasteiger partial charge in [-0.3, -0.25) is 0 Å². The van der Waals surface area contributed by atoms with Gasteiger partial charge >= 0.3 is 53.4 Å². The van der Waals surface area contributed by atoms with Gasteiger partial charge in [0, 0.05) is 0 Å². The van der Waals surface area contributed by atoms with Crippen LogP contribution in [-0.4, -0.2) is 44.1 Å². The van der Waals surface area contributed by atoms with Crippen molar-refractivity contribution in [1.29, 1.82) is 0 Å². The highest BCUT2D eigenvalue weighted by Gasteiger charge is 2.37. The number of ether oxygens (including phenoxy) is 1. The first-order valence-electron chi connectivity index (χ1n) is 9.46. The van der Waals surface area contributed by atoms with Gasteiger partial charge in [0.15, 0.2) is 34.5 Å². The highest BCUT2D eigenvalue weighted by atomic mass is 127. The quantitative estimate of drug-likeness (QED) is 0.127. The van der Waals surface area contributed by atoms with Gasteiger partial charge in [-0.2, -0.15) is 26.3 Å². The Balaban J connectivity index is 0.000000374. The predicted octanol–water partition coefficient (Wildman–Crippen LogP) is -1.95. The molecule has 17 heteroatoms. The Morgan fingerprint density at radius 2 is 0.842 bits per heavy atom. The van der Waals surface area contributed by atoms with E-state index >= 15 is 0 Å². The lowest BCUT2D eigenvalue weighted by atomic mass is 10.3. The largest absolute Gasteiger partial charge is 0.741 e. The Kier molecular flexibility index (Phi) is 13.2. The molecule has 0 aliphatic heterocycles. The average molecular weight is 812 g/mol. The van der Waals surface area contributed by atoms with Crippen molar-refractivity contribution >= 4 is 20.2 Å². The maximum Gasteiger partial charge on any atom is 0.485 e. The number of methoxy groups -OCH3 is 1. The van der Waals surface area contributed by atoms with E-state index in [1.807, 2.05) is 12.1 Å². The van der Waals surface area contributed by atoms with Crippen LogP contribution in [0.3, 0.4) is 0 Å². The summed E-state index contributed by atoms with van der Waals surface area (Å²) < 4.78 is 129. The SMILES string of the molecule is COc1ccc([I+]c2ccc([I+]c3ccccc3)cc2)cc1.O=S(=O)([O-])C(F)(F)F.O=S(=O)([O-])C(F)(F)F. The third-order valence-corrected chi connectivity index (χ3v) is 10.1. The molecule has 3 rings (SSSR count). The van der Waals surface area contributed by atoms with Crippen molar-refractivity contribution in [2.45, 2.75) is 11.0 Å². The van der Waals surface area contributed by atoms with Gasteiger partial charge in [0.1, 0.15) is 5.75 Å². The summed E-state index contributed by atoms with van der Waals surface area (Å²) in [5, 5.41) is 0. The second kappa shape index (κ2) is 14.6. The Bertz CT molecular complexity index is 1310. The van der Waals surface area contributed by atoms with Gasteiger partial charge in [0.2, 0.25) is 0 Å². The first-order chi connectivity index (χ1) is 17.3. The highest BCUT2D eigenvalue weighted by molar-refractivity contribution is 7.86. The molecule has 0 unspecified atom stereocenters. The minimum absolute atomic E-state index is 0.0557. The molecule has 0 aromatic heterocycles. The van der Waals surface area contributed by atoms with Crippen molar-refractivity contribution < 1.29 is 99.4 Å². The normalized spacial score (nSPS) is 11.9. The molecule has 0 spiro atoms. The molecule has 0 aliphatic carbocycles. The van der Waals surface area contributed by atoms with Gasteiger partial charge in [-0.05, 0) is 60.7 Å². The molecule has 3 aromatic rings. The lowest BCUT2D eigenvalue weighted by Gasteiger charge is -2.08. The molecular formula is C21H16F6I2O7S2. The maximum atomic E-state index is 10.7. The molecule has 0 fully saturated rings. The summed E-state index contributed by atoms with van der Waals surface area (Å²) in [7, 11) is -10.5.